The van der Waals surface area contributed by atoms with Crippen molar-refractivity contribution in [2.24, 2.45) is 5.10 Å². The van der Waals surface area contributed by atoms with Gasteiger partial charge in [-0.3, -0.25) is 0 Å². The van der Waals surface area contributed by atoms with Crippen LogP contribution in [0.2, 0.25) is 0 Å². The summed E-state index contributed by atoms with van der Waals surface area (Å²) in [5.41, 5.74) is 4.55. The minimum atomic E-state index is -1.02. The summed E-state index contributed by atoms with van der Waals surface area (Å²) >= 11 is 0. The summed E-state index contributed by atoms with van der Waals surface area (Å²) in [7, 11) is 0. The van der Waals surface area contributed by atoms with Gasteiger partial charge in [0.25, 0.3) is 0 Å². The molecular formula is C22H23N7O3. The quantitative estimate of drug-likeness (QED) is 0.345. The van der Waals surface area contributed by atoms with Gasteiger partial charge in [-0.05, 0) is 54.8 Å². The molecule has 3 N–H and O–H groups in total. The average Bonchev–Trinajstić information content (AvgIpc) is 3.34. The molecule has 1 aromatic heterocycles. The van der Waals surface area contributed by atoms with Crippen LogP contribution in [0.4, 0.5) is 23.5 Å². The Morgan fingerprint density at radius 1 is 1.03 bits per heavy atom. The fraction of sp³-hybridized carbons (Fsp3) is 0.227. The van der Waals surface area contributed by atoms with Crippen LogP contribution in [0.3, 0.4) is 0 Å². The Kier molecular flexibility index (Phi) is 6.71. The van der Waals surface area contributed by atoms with Crippen LogP contribution in [0.1, 0.15) is 18.4 Å². The molecule has 2 heterocycles. The van der Waals surface area contributed by atoms with E-state index in [-0.39, 0.29) is 6.61 Å². The van der Waals surface area contributed by atoms with Crippen molar-refractivity contribution in [3.63, 3.8) is 0 Å². The Morgan fingerprint density at radius 3 is 2.47 bits per heavy atom. The molecule has 1 saturated heterocycles. The Balaban J connectivity index is 1.46. The van der Waals surface area contributed by atoms with Crippen LogP contribution < -0.4 is 20.4 Å². The van der Waals surface area contributed by atoms with Gasteiger partial charge >= 0.3 is 5.97 Å². The Hall–Kier alpha value is -4.21. The molecule has 0 amide bonds. The molecule has 10 heteroatoms. The molecule has 0 radical (unpaired) electrons. The van der Waals surface area contributed by atoms with E-state index in [0.717, 1.165) is 37.2 Å². The topological polar surface area (TPSA) is 125 Å². The van der Waals surface area contributed by atoms with Crippen LogP contribution >= 0.6 is 0 Å². The third-order valence-corrected chi connectivity index (χ3v) is 4.66. The zero-order chi connectivity index (χ0) is 22.2. The van der Waals surface area contributed by atoms with Gasteiger partial charge in [0.2, 0.25) is 17.8 Å². The molecule has 0 atom stereocenters. The summed E-state index contributed by atoms with van der Waals surface area (Å²) in [6.07, 6.45) is 3.84. The predicted octanol–water partition coefficient (Wildman–Crippen LogP) is 3.12. The normalized spacial score (nSPS) is 13.3. The highest BCUT2D eigenvalue weighted by atomic mass is 16.5. The van der Waals surface area contributed by atoms with E-state index in [4.69, 9.17) is 9.84 Å². The van der Waals surface area contributed by atoms with Crippen molar-refractivity contribution in [2.45, 2.75) is 12.8 Å². The van der Waals surface area contributed by atoms with Crippen molar-refractivity contribution >= 4 is 35.7 Å². The molecule has 0 bridgehead atoms. The Labute approximate surface area is 185 Å². The smallest absolute Gasteiger partial charge is 0.341 e. The van der Waals surface area contributed by atoms with Gasteiger partial charge in [-0.1, -0.05) is 18.2 Å². The van der Waals surface area contributed by atoms with Crippen LogP contribution in [-0.4, -0.2) is 51.9 Å². The van der Waals surface area contributed by atoms with Crippen molar-refractivity contribution in [1.82, 2.24) is 15.0 Å². The Morgan fingerprint density at radius 2 is 1.75 bits per heavy atom. The maximum Gasteiger partial charge on any atom is 0.341 e. The lowest BCUT2D eigenvalue weighted by molar-refractivity contribution is -0.139. The van der Waals surface area contributed by atoms with Crippen LogP contribution in [0, 0.1) is 0 Å². The summed E-state index contributed by atoms with van der Waals surface area (Å²) < 4.78 is 5.12. The first kappa shape index (κ1) is 21.0. The number of ether oxygens (including phenoxy) is 1. The number of hydrogen-bond acceptors (Lipinski definition) is 9. The lowest BCUT2D eigenvalue weighted by Gasteiger charge is -2.16. The number of carboxylic acids is 1. The zero-order valence-corrected chi connectivity index (χ0v) is 17.3. The number of carbonyl (C=O) groups is 1. The molecule has 10 nitrogen and oxygen atoms in total. The van der Waals surface area contributed by atoms with E-state index in [1.54, 1.807) is 30.5 Å². The molecule has 1 fully saturated rings. The van der Waals surface area contributed by atoms with Crippen molar-refractivity contribution in [3.05, 3.63) is 60.2 Å². The molecule has 0 saturated carbocycles. The van der Waals surface area contributed by atoms with E-state index in [0.29, 0.717) is 23.6 Å². The number of hydrogen-bond donors (Lipinski definition) is 3. The molecule has 4 rings (SSSR count). The highest BCUT2D eigenvalue weighted by Gasteiger charge is 2.17. The van der Waals surface area contributed by atoms with Gasteiger partial charge in [-0.25, -0.2) is 10.2 Å². The van der Waals surface area contributed by atoms with Crippen LogP contribution in [0.15, 0.2) is 59.7 Å². The fourth-order valence-corrected chi connectivity index (χ4v) is 3.14. The van der Waals surface area contributed by atoms with Gasteiger partial charge in [0.1, 0.15) is 5.75 Å². The molecule has 1 aliphatic heterocycles. The monoisotopic (exact) mass is 433 g/mol. The summed E-state index contributed by atoms with van der Waals surface area (Å²) in [6, 6.07) is 16.6. The average molecular weight is 433 g/mol. The number of para-hydroxylation sites is 1. The molecule has 3 aromatic rings. The van der Waals surface area contributed by atoms with Gasteiger partial charge in [0.15, 0.2) is 6.61 Å². The number of nitrogens with one attached hydrogen (secondary N) is 2. The minimum absolute atomic E-state index is 0.331. The van der Waals surface area contributed by atoms with Gasteiger partial charge < -0.3 is 20.1 Å². The molecule has 1 aliphatic rings. The molecule has 32 heavy (non-hydrogen) atoms. The first-order chi connectivity index (χ1) is 15.7. The van der Waals surface area contributed by atoms with E-state index in [9.17, 15) is 4.79 Å². The lowest BCUT2D eigenvalue weighted by Crippen LogP contribution is -2.21. The largest absolute Gasteiger partial charge is 0.482 e. The highest BCUT2D eigenvalue weighted by molar-refractivity contribution is 5.80. The first-order valence-corrected chi connectivity index (χ1v) is 10.2. The van der Waals surface area contributed by atoms with Crippen LogP contribution in [-0.2, 0) is 4.79 Å². The standard InChI is InChI=1S/C22H23N7O3/c30-19(31)15-32-18-10-8-16(9-11-18)14-23-28-21-25-20(24-17-6-2-1-3-7-17)26-22(27-21)29-12-4-5-13-29/h1-3,6-11,14H,4-5,12-13,15H2,(H,30,31)(H2,24,25,26,27,28)/b23-14+. The molecule has 0 spiro atoms. The molecular weight excluding hydrogens is 410 g/mol. The number of benzene rings is 2. The number of rotatable bonds is 9. The highest BCUT2D eigenvalue weighted by Crippen LogP contribution is 2.20. The maximum absolute atomic E-state index is 10.6. The minimum Gasteiger partial charge on any atom is -0.482 e. The van der Waals surface area contributed by atoms with Gasteiger partial charge in [0.05, 0.1) is 6.21 Å². The van der Waals surface area contributed by atoms with Crippen molar-refractivity contribution < 1.29 is 14.6 Å². The molecule has 0 aliphatic carbocycles. The summed E-state index contributed by atoms with van der Waals surface area (Å²) in [6.45, 7) is 1.44. The van der Waals surface area contributed by atoms with E-state index in [1.807, 2.05) is 30.3 Å². The second-order valence-electron chi connectivity index (χ2n) is 7.09. The summed E-state index contributed by atoms with van der Waals surface area (Å²) in [4.78, 5) is 26.2. The third kappa shape index (κ3) is 5.91. The van der Waals surface area contributed by atoms with E-state index < -0.39 is 5.97 Å². The second kappa shape index (κ2) is 10.2. The number of anilines is 4. The van der Waals surface area contributed by atoms with Gasteiger partial charge in [-0.15, -0.1) is 0 Å². The first-order valence-electron chi connectivity index (χ1n) is 10.2. The maximum atomic E-state index is 10.6. The van der Waals surface area contributed by atoms with Gasteiger partial charge in [0, 0.05) is 18.8 Å². The number of hydrazone groups is 1. The summed E-state index contributed by atoms with van der Waals surface area (Å²) in [5.74, 6) is 0.825. The fourth-order valence-electron chi connectivity index (χ4n) is 3.14. The summed E-state index contributed by atoms with van der Waals surface area (Å²) in [5, 5.41) is 16.1. The second-order valence-corrected chi connectivity index (χ2v) is 7.09. The van der Waals surface area contributed by atoms with E-state index >= 15 is 0 Å². The van der Waals surface area contributed by atoms with Gasteiger partial charge in [-0.2, -0.15) is 20.1 Å². The van der Waals surface area contributed by atoms with Crippen molar-refractivity contribution in [1.29, 1.82) is 0 Å². The van der Waals surface area contributed by atoms with Crippen LogP contribution in [0.5, 0.6) is 5.75 Å². The lowest BCUT2D eigenvalue weighted by atomic mass is 10.2. The molecule has 0 unspecified atom stereocenters. The number of aromatic nitrogens is 3. The zero-order valence-electron chi connectivity index (χ0n) is 17.3. The number of aliphatic carboxylic acids is 1. The van der Waals surface area contributed by atoms with Crippen LogP contribution in [0.25, 0.3) is 0 Å². The number of nitrogens with zero attached hydrogens (tertiary/aromatic N) is 5. The molecule has 164 valence electrons. The number of carboxylic acid groups (broad SMARTS) is 1. The van der Waals surface area contributed by atoms with E-state index in [2.05, 4.69) is 35.7 Å². The van der Waals surface area contributed by atoms with Crippen molar-refractivity contribution in [2.75, 3.05) is 35.3 Å². The Bertz CT molecular complexity index is 1070. The predicted molar refractivity (Wildman–Crippen MR) is 122 cm³/mol. The van der Waals surface area contributed by atoms with E-state index in [1.165, 1.54) is 0 Å². The van der Waals surface area contributed by atoms with Crippen molar-refractivity contribution in [3.8, 4) is 5.75 Å². The third-order valence-electron chi connectivity index (χ3n) is 4.66. The molecule has 2 aromatic carbocycles. The SMILES string of the molecule is O=C(O)COc1ccc(/C=N/Nc2nc(Nc3ccccc3)nc(N3CCCC3)n2)cc1.